The second-order valence-corrected chi connectivity index (χ2v) is 4.92. The van der Waals surface area contributed by atoms with Crippen molar-refractivity contribution in [3.05, 3.63) is 35.9 Å². The molecule has 5 nitrogen and oxygen atoms in total. The molecule has 1 aliphatic carbocycles. The van der Waals surface area contributed by atoms with Gasteiger partial charge < -0.3 is 14.6 Å². The number of rotatable bonds is 3. The second kappa shape index (κ2) is 6.52. The van der Waals surface area contributed by atoms with Crippen molar-refractivity contribution in [3.63, 3.8) is 0 Å². The zero-order valence-electron chi connectivity index (χ0n) is 11.3. The van der Waals surface area contributed by atoms with Crippen LogP contribution in [-0.4, -0.2) is 35.4 Å². The van der Waals surface area contributed by atoms with Gasteiger partial charge in [-0.2, -0.15) is 0 Å². The standard InChI is InChI=1S/C15H18O5/c1-10(16)19-12-7-8-14(13(17)9-12)20-15(18)11-5-3-2-4-6-11/h2-6,12-14,17H,7-9H2,1H3. The highest BCUT2D eigenvalue weighted by atomic mass is 16.6. The van der Waals surface area contributed by atoms with E-state index in [2.05, 4.69) is 0 Å². The lowest BCUT2D eigenvalue weighted by Crippen LogP contribution is -2.40. The minimum absolute atomic E-state index is 0.297. The minimum atomic E-state index is -0.805. The normalized spacial score (nSPS) is 25.8. The molecule has 2 rings (SSSR count). The number of aliphatic hydroxyl groups excluding tert-OH is 1. The Balaban J connectivity index is 1.89. The molecule has 20 heavy (non-hydrogen) atoms. The summed E-state index contributed by atoms with van der Waals surface area (Å²) in [6, 6.07) is 8.66. The molecule has 0 saturated heterocycles. The van der Waals surface area contributed by atoms with Crippen LogP contribution in [0.1, 0.15) is 36.5 Å². The van der Waals surface area contributed by atoms with Crippen molar-refractivity contribution in [1.29, 1.82) is 0 Å². The molecule has 5 heteroatoms. The Morgan fingerprint density at radius 2 is 1.85 bits per heavy atom. The van der Waals surface area contributed by atoms with Crippen LogP contribution in [0, 0.1) is 0 Å². The van der Waals surface area contributed by atoms with Crippen LogP contribution in [-0.2, 0) is 14.3 Å². The highest BCUT2D eigenvalue weighted by molar-refractivity contribution is 5.89. The number of aliphatic hydroxyl groups is 1. The molecule has 0 amide bonds. The first-order chi connectivity index (χ1) is 9.56. The third kappa shape index (κ3) is 3.81. The zero-order chi connectivity index (χ0) is 14.5. The maximum Gasteiger partial charge on any atom is 0.338 e. The Labute approximate surface area is 117 Å². The lowest BCUT2D eigenvalue weighted by atomic mass is 9.92. The topological polar surface area (TPSA) is 72.8 Å². The summed E-state index contributed by atoms with van der Waals surface area (Å²) in [5.74, 6) is -0.803. The van der Waals surface area contributed by atoms with Crippen LogP contribution in [0.2, 0.25) is 0 Å². The Morgan fingerprint density at radius 1 is 1.15 bits per heavy atom. The van der Waals surface area contributed by atoms with Gasteiger partial charge in [0.15, 0.2) is 0 Å². The number of carbonyl (C=O) groups is 2. The highest BCUT2D eigenvalue weighted by Gasteiger charge is 2.33. The summed E-state index contributed by atoms with van der Waals surface area (Å²) < 4.78 is 10.4. The van der Waals surface area contributed by atoms with Gasteiger partial charge in [-0.1, -0.05) is 18.2 Å². The van der Waals surface area contributed by atoms with Gasteiger partial charge in [-0.05, 0) is 25.0 Å². The van der Waals surface area contributed by atoms with E-state index >= 15 is 0 Å². The summed E-state index contributed by atoms with van der Waals surface area (Å²) in [6.07, 6.45) is -0.280. The predicted octanol–water partition coefficient (Wildman–Crippen LogP) is 1.69. The third-order valence-electron chi connectivity index (χ3n) is 3.31. The van der Waals surface area contributed by atoms with Gasteiger partial charge in [-0.15, -0.1) is 0 Å². The quantitative estimate of drug-likeness (QED) is 0.852. The molecule has 3 atom stereocenters. The lowest BCUT2D eigenvalue weighted by molar-refractivity contribution is -0.152. The lowest BCUT2D eigenvalue weighted by Gasteiger charge is -2.32. The van der Waals surface area contributed by atoms with Gasteiger partial charge in [-0.25, -0.2) is 4.79 Å². The summed E-state index contributed by atoms with van der Waals surface area (Å²) in [5.41, 5.74) is 0.460. The number of hydrogen-bond acceptors (Lipinski definition) is 5. The van der Waals surface area contributed by atoms with Gasteiger partial charge in [0.1, 0.15) is 12.2 Å². The molecule has 0 heterocycles. The van der Waals surface area contributed by atoms with Gasteiger partial charge in [0, 0.05) is 13.3 Å². The van der Waals surface area contributed by atoms with Crippen molar-refractivity contribution in [2.45, 2.75) is 44.5 Å². The molecule has 1 fully saturated rings. The summed E-state index contributed by atoms with van der Waals surface area (Å²) in [4.78, 5) is 22.8. The van der Waals surface area contributed by atoms with Gasteiger partial charge in [-0.3, -0.25) is 4.79 Å². The molecular weight excluding hydrogens is 260 g/mol. The maximum atomic E-state index is 11.9. The van der Waals surface area contributed by atoms with Crippen molar-refractivity contribution < 1.29 is 24.2 Å². The molecule has 3 unspecified atom stereocenters. The monoisotopic (exact) mass is 278 g/mol. The summed E-state index contributed by atoms with van der Waals surface area (Å²) in [5, 5.41) is 9.98. The van der Waals surface area contributed by atoms with Crippen LogP contribution in [0.3, 0.4) is 0 Å². The van der Waals surface area contributed by atoms with Crippen molar-refractivity contribution in [2.75, 3.05) is 0 Å². The first-order valence-corrected chi connectivity index (χ1v) is 6.67. The Kier molecular flexibility index (Phi) is 4.74. The van der Waals surface area contributed by atoms with Crippen LogP contribution in [0.25, 0.3) is 0 Å². The van der Waals surface area contributed by atoms with E-state index in [0.717, 1.165) is 0 Å². The van der Waals surface area contributed by atoms with E-state index in [1.807, 2.05) is 6.07 Å². The fourth-order valence-electron chi connectivity index (χ4n) is 2.34. The minimum Gasteiger partial charge on any atom is -0.462 e. The van der Waals surface area contributed by atoms with Gasteiger partial charge in [0.25, 0.3) is 0 Å². The summed E-state index contributed by atoms with van der Waals surface area (Å²) in [6.45, 7) is 1.34. The van der Waals surface area contributed by atoms with Crippen LogP contribution in [0.15, 0.2) is 30.3 Å². The van der Waals surface area contributed by atoms with Crippen LogP contribution < -0.4 is 0 Å². The average Bonchev–Trinajstić information content (AvgIpc) is 2.42. The molecule has 1 N–H and O–H groups in total. The Morgan fingerprint density at radius 3 is 2.45 bits per heavy atom. The third-order valence-corrected chi connectivity index (χ3v) is 3.31. The van der Waals surface area contributed by atoms with Crippen LogP contribution in [0.4, 0.5) is 0 Å². The van der Waals surface area contributed by atoms with Crippen molar-refractivity contribution in [1.82, 2.24) is 0 Å². The molecule has 0 aromatic heterocycles. The van der Waals surface area contributed by atoms with E-state index in [4.69, 9.17) is 9.47 Å². The molecule has 1 aliphatic rings. The Bertz CT molecular complexity index is 470. The number of carbonyl (C=O) groups excluding carboxylic acids is 2. The van der Waals surface area contributed by atoms with E-state index in [1.165, 1.54) is 6.92 Å². The smallest absolute Gasteiger partial charge is 0.338 e. The molecule has 0 radical (unpaired) electrons. The maximum absolute atomic E-state index is 11.9. The SMILES string of the molecule is CC(=O)OC1CCC(OC(=O)c2ccccc2)C(O)C1. The van der Waals surface area contributed by atoms with E-state index in [0.29, 0.717) is 24.8 Å². The predicted molar refractivity (Wildman–Crippen MR) is 71.1 cm³/mol. The van der Waals surface area contributed by atoms with Gasteiger partial charge >= 0.3 is 11.9 Å². The second-order valence-electron chi connectivity index (χ2n) is 4.92. The fourth-order valence-corrected chi connectivity index (χ4v) is 2.34. The van der Waals surface area contributed by atoms with E-state index < -0.39 is 18.2 Å². The van der Waals surface area contributed by atoms with Crippen molar-refractivity contribution in [3.8, 4) is 0 Å². The van der Waals surface area contributed by atoms with Crippen LogP contribution >= 0.6 is 0 Å². The molecular formula is C15H18O5. The molecule has 0 spiro atoms. The van der Waals surface area contributed by atoms with Crippen LogP contribution in [0.5, 0.6) is 0 Å². The fraction of sp³-hybridized carbons (Fsp3) is 0.467. The Hall–Kier alpha value is -1.88. The van der Waals surface area contributed by atoms with E-state index in [-0.39, 0.29) is 12.1 Å². The number of ether oxygens (including phenoxy) is 2. The number of esters is 2. The molecule has 1 aromatic rings. The molecule has 1 saturated carbocycles. The highest BCUT2D eigenvalue weighted by Crippen LogP contribution is 2.25. The molecule has 108 valence electrons. The van der Waals surface area contributed by atoms with Gasteiger partial charge in [0.05, 0.1) is 11.7 Å². The number of hydrogen-bond donors (Lipinski definition) is 1. The largest absolute Gasteiger partial charge is 0.462 e. The summed E-state index contributed by atoms with van der Waals surface area (Å²) >= 11 is 0. The number of benzene rings is 1. The molecule has 0 aliphatic heterocycles. The zero-order valence-corrected chi connectivity index (χ0v) is 11.3. The van der Waals surface area contributed by atoms with Crippen molar-refractivity contribution >= 4 is 11.9 Å². The van der Waals surface area contributed by atoms with E-state index in [9.17, 15) is 14.7 Å². The summed E-state index contributed by atoms with van der Waals surface area (Å²) in [7, 11) is 0. The molecule has 0 bridgehead atoms. The average molecular weight is 278 g/mol. The first-order valence-electron chi connectivity index (χ1n) is 6.67. The van der Waals surface area contributed by atoms with E-state index in [1.54, 1.807) is 24.3 Å². The first kappa shape index (κ1) is 14.5. The molecule has 1 aromatic carbocycles. The van der Waals surface area contributed by atoms with Crippen molar-refractivity contribution in [2.24, 2.45) is 0 Å². The van der Waals surface area contributed by atoms with Gasteiger partial charge in [0.2, 0.25) is 0 Å².